The molecule has 1 aromatic heterocycles. The number of nitro groups is 1. The normalized spacial score (nSPS) is 10.8. The van der Waals surface area contributed by atoms with Crippen molar-refractivity contribution in [2.24, 2.45) is 0 Å². The van der Waals surface area contributed by atoms with Gasteiger partial charge in [0, 0.05) is 12.2 Å². The van der Waals surface area contributed by atoms with E-state index in [0.717, 1.165) is 16.8 Å². The molecule has 4 aromatic rings. The van der Waals surface area contributed by atoms with Crippen LogP contribution in [0.4, 0.5) is 22.7 Å². The lowest BCUT2D eigenvalue weighted by Crippen LogP contribution is -2.03. The zero-order chi connectivity index (χ0) is 19.5. The zero-order valence-corrected chi connectivity index (χ0v) is 15.0. The Hall–Kier alpha value is -3.94. The molecule has 0 aliphatic carbocycles. The van der Waals surface area contributed by atoms with Gasteiger partial charge in [0.2, 0.25) is 5.52 Å². The minimum Gasteiger partial charge on any atom is -0.383 e. The van der Waals surface area contributed by atoms with Crippen LogP contribution in [0.25, 0.3) is 22.2 Å². The summed E-state index contributed by atoms with van der Waals surface area (Å²) in [5.41, 5.74) is 4.08. The van der Waals surface area contributed by atoms with E-state index in [4.69, 9.17) is 4.63 Å². The van der Waals surface area contributed by atoms with Gasteiger partial charge >= 0.3 is 5.69 Å². The molecule has 0 atom stereocenters. The number of hydrogen-bond donors (Lipinski definition) is 2. The second kappa shape index (κ2) is 7.36. The average molecular weight is 375 g/mol. The Morgan fingerprint density at radius 2 is 1.64 bits per heavy atom. The molecule has 0 unspecified atom stereocenters. The molecule has 0 aliphatic heterocycles. The molecule has 0 spiro atoms. The second-order valence-electron chi connectivity index (χ2n) is 6.14. The first-order chi connectivity index (χ1) is 13.7. The Morgan fingerprint density at radius 3 is 2.32 bits per heavy atom. The van der Waals surface area contributed by atoms with Gasteiger partial charge in [-0.15, -0.1) is 0 Å². The molecule has 0 fully saturated rings. The van der Waals surface area contributed by atoms with Crippen LogP contribution in [0.3, 0.4) is 0 Å². The van der Waals surface area contributed by atoms with Crippen LogP contribution >= 0.6 is 0 Å². The molecule has 0 radical (unpaired) electrons. The number of nitrogens with one attached hydrogen (secondary N) is 2. The molecule has 2 N–H and O–H groups in total. The van der Waals surface area contributed by atoms with Crippen molar-refractivity contribution in [3.05, 3.63) is 70.8 Å². The number of anilines is 3. The molecule has 140 valence electrons. The Balaban J connectivity index is 1.72. The summed E-state index contributed by atoms with van der Waals surface area (Å²) in [4.78, 5) is 11.2. The van der Waals surface area contributed by atoms with Crippen LogP contribution in [0.2, 0.25) is 0 Å². The van der Waals surface area contributed by atoms with E-state index in [-0.39, 0.29) is 11.2 Å². The van der Waals surface area contributed by atoms with Crippen LogP contribution in [0, 0.1) is 10.1 Å². The summed E-state index contributed by atoms with van der Waals surface area (Å²) in [6, 6.07) is 19.3. The van der Waals surface area contributed by atoms with Crippen molar-refractivity contribution < 1.29 is 9.55 Å². The van der Waals surface area contributed by atoms with Gasteiger partial charge in [-0.1, -0.05) is 42.5 Å². The van der Waals surface area contributed by atoms with E-state index in [9.17, 15) is 10.1 Å². The monoisotopic (exact) mass is 375 g/mol. The van der Waals surface area contributed by atoms with E-state index in [1.807, 2.05) is 61.5 Å². The minimum absolute atomic E-state index is 0.104. The molecule has 0 saturated carbocycles. The fourth-order valence-electron chi connectivity index (χ4n) is 3.07. The third-order valence-corrected chi connectivity index (χ3v) is 4.33. The van der Waals surface area contributed by atoms with Crippen molar-refractivity contribution in [1.29, 1.82) is 0 Å². The van der Waals surface area contributed by atoms with Crippen LogP contribution in [0.1, 0.15) is 6.92 Å². The van der Waals surface area contributed by atoms with Gasteiger partial charge in [-0.3, -0.25) is 10.1 Å². The summed E-state index contributed by atoms with van der Waals surface area (Å²) in [7, 11) is 0. The van der Waals surface area contributed by atoms with Gasteiger partial charge in [0.05, 0.1) is 10.6 Å². The molecule has 3 aromatic carbocycles. The Labute approximate surface area is 160 Å². The molecule has 0 aliphatic rings. The van der Waals surface area contributed by atoms with E-state index >= 15 is 0 Å². The van der Waals surface area contributed by atoms with Gasteiger partial charge in [-0.25, -0.2) is 4.63 Å². The maximum absolute atomic E-state index is 11.7. The largest absolute Gasteiger partial charge is 0.383 e. The smallest absolute Gasteiger partial charge is 0.324 e. The van der Waals surface area contributed by atoms with E-state index in [1.54, 1.807) is 6.07 Å². The van der Waals surface area contributed by atoms with E-state index in [1.165, 1.54) is 0 Å². The van der Waals surface area contributed by atoms with E-state index < -0.39 is 4.92 Å². The summed E-state index contributed by atoms with van der Waals surface area (Å²) in [5.74, 6) is 0. The molecule has 0 amide bonds. The first-order valence-corrected chi connectivity index (χ1v) is 8.77. The fraction of sp³-hybridized carbons (Fsp3) is 0.100. The highest BCUT2D eigenvalue weighted by Crippen LogP contribution is 2.38. The lowest BCUT2D eigenvalue weighted by atomic mass is 10.1. The molecule has 8 nitrogen and oxygen atoms in total. The number of nitro benzene ring substituents is 1. The lowest BCUT2D eigenvalue weighted by molar-refractivity contribution is -0.382. The summed E-state index contributed by atoms with van der Waals surface area (Å²) in [6.07, 6.45) is 0. The van der Waals surface area contributed by atoms with Crippen molar-refractivity contribution >= 4 is 33.8 Å². The van der Waals surface area contributed by atoms with Crippen LogP contribution < -0.4 is 10.6 Å². The highest BCUT2D eigenvalue weighted by molar-refractivity contribution is 6.00. The van der Waals surface area contributed by atoms with Gasteiger partial charge in [0.15, 0.2) is 5.52 Å². The SMILES string of the molecule is CCNc1cc(Nc2ccc(-c3ccccc3)cc2)c([N+](=O)[O-])c2nonc12. The quantitative estimate of drug-likeness (QED) is 0.362. The Morgan fingerprint density at radius 1 is 0.964 bits per heavy atom. The van der Waals surface area contributed by atoms with Crippen molar-refractivity contribution in [2.75, 3.05) is 17.2 Å². The van der Waals surface area contributed by atoms with E-state index in [2.05, 4.69) is 20.9 Å². The minimum atomic E-state index is -0.483. The lowest BCUT2D eigenvalue weighted by Gasteiger charge is -2.11. The predicted molar refractivity (Wildman–Crippen MR) is 108 cm³/mol. The standard InChI is InChI=1S/C20H17N5O3/c1-2-21-16-12-17(20(25(26)27)19-18(16)23-28-24-19)22-15-10-8-14(9-11-15)13-6-4-3-5-7-13/h3-12,21-22H,2H2,1H3. The number of aromatic nitrogens is 2. The van der Waals surface area contributed by atoms with E-state index in [0.29, 0.717) is 23.4 Å². The molecule has 0 saturated heterocycles. The molecule has 4 rings (SSSR count). The number of fused-ring (bicyclic) bond motifs is 1. The summed E-state index contributed by atoms with van der Waals surface area (Å²) in [5, 5.41) is 25.4. The third kappa shape index (κ3) is 3.23. The maximum atomic E-state index is 11.7. The summed E-state index contributed by atoms with van der Waals surface area (Å²) in [6.45, 7) is 2.56. The highest BCUT2D eigenvalue weighted by Gasteiger charge is 2.25. The molecule has 8 heteroatoms. The first-order valence-electron chi connectivity index (χ1n) is 8.77. The van der Waals surface area contributed by atoms with Crippen molar-refractivity contribution in [3.63, 3.8) is 0 Å². The summed E-state index contributed by atoms with van der Waals surface area (Å²) >= 11 is 0. The molecular weight excluding hydrogens is 358 g/mol. The molecular formula is C20H17N5O3. The zero-order valence-electron chi connectivity index (χ0n) is 15.0. The third-order valence-electron chi connectivity index (χ3n) is 4.33. The number of benzene rings is 3. The van der Waals surface area contributed by atoms with Crippen LogP contribution in [-0.4, -0.2) is 21.8 Å². The van der Waals surface area contributed by atoms with Crippen LogP contribution in [0.5, 0.6) is 0 Å². The van der Waals surface area contributed by atoms with Gasteiger partial charge in [0.1, 0.15) is 5.69 Å². The number of hydrogen-bond acceptors (Lipinski definition) is 7. The van der Waals surface area contributed by atoms with Crippen molar-refractivity contribution in [1.82, 2.24) is 10.3 Å². The van der Waals surface area contributed by atoms with Crippen molar-refractivity contribution in [2.45, 2.75) is 6.92 Å². The summed E-state index contributed by atoms with van der Waals surface area (Å²) < 4.78 is 4.74. The highest BCUT2D eigenvalue weighted by atomic mass is 16.6. The Kier molecular flexibility index (Phi) is 4.59. The fourth-order valence-corrected chi connectivity index (χ4v) is 3.07. The van der Waals surface area contributed by atoms with Crippen LogP contribution in [-0.2, 0) is 0 Å². The van der Waals surface area contributed by atoms with Gasteiger partial charge in [-0.05, 0) is 46.6 Å². The molecule has 28 heavy (non-hydrogen) atoms. The molecule has 1 heterocycles. The predicted octanol–water partition coefficient (Wildman–Crippen LogP) is 4.97. The van der Waals surface area contributed by atoms with Gasteiger partial charge in [-0.2, -0.15) is 0 Å². The van der Waals surface area contributed by atoms with Crippen molar-refractivity contribution in [3.8, 4) is 11.1 Å². The average Bonchev–Trinajstić information content (AvgIpc) is 3.19. The van der Waals surface area contributed by atoms with Crippen LogP contribution in [0.15, 0.2) is 65.3 Å². The Bertz CT molecular complexity index is 1120. The first kappa shape index (κ1) is 17.5. The second-order valence-corrected chi connectivity index (χ2v) is 6.14. The van der Waals surface area contributed by atoms with Gasteiger partial charge in [0.25, 0.3) is 0 Å². The topological polar surface area (TPSA) is 106 Å². The maximum Gasteiger partial charge on any atom is 0.324 e. The number of nitrogens with zero attached hydrogens (tertiary/aromatic N) is 3. The molecule has 0 bridgehead atoms. The van der Waals surface area contributed by atoms with Gasteiger partial charge < -0.3 is 10.6 Å². The number of rotatable bonds is 6.